The summed E-state index contributed by atoms with van der Waals surface area (Å²) in [6.07, 6.45) is 10.8. The molecule has 0 saturated heterocycles. The number of hydrogen-bond donors (Lipinski definition) is 1. The number of ether oxygens (including phenoxy) is 1. The summed E-state index contributed by atoms with van der Waals surface area (Å²) >= 11 is 0. The Labute approximate surface area is 116 Å². The van der Waals surface area contributed by atoms with E-state index in [1.807, 2.05) is 12.4 Å². The molecule has 1 aliphatic rings. The number of imidazole rings is 1. The molecule has 0 bridgehead atoms. The van der Waals surface area contributed by atoms with Gasteiger partial charge < -0.3 is 14.6 Å². The molecule has 1 N–H and O–H groups in total. The van der Waals surface area contributed by atoms with Crippen molar-refractivity contribution in [2.24, 2.45) is 11.8 Å². The molecule has 108 valence electrons. The van der Waals surface area contributed by atoms with Crippen molar-refractivity contribution in [1.29, 1.82) is 0 Å². The van der Waals surface area contributed by atoms with Crippen molar-refractivity contribution in [3.05, 3.63) is 12.4 Å². The summed E-state index contributed by atoms with van der Waals surface area (Å²) in [5, 5.41) is 3.46. The molecule has 1 fully saturated rings. The summed E-state index contributed by atoms with van der Waals surface area (Å²) in [7, 11) is 1.73. The first kappa shape index (κ1) is 14.4. The molecule has 1 heterocycles. The fourth-order valence-electron chi connectivity index (χ4n) is 3.06. The molecular weight excluding hydrogens is 238 g/mol. The minimum atomic E-state index is 0.727. The lowest BCUT2D eigenvalue weighted by atomic mass is 9.81. The Hall–Kier alpha value is -1.03. The third kappa shape index (κ3) is 4.53. The highest BCUT2D eigenvalue weighted by molar-refractivity contribution is 5.25. The maximum Gasteiger partial charge on any atom is 0.202 e. The number of methoxy groups -OCH3 is 1. The summed E-state index contributed by atoms with van der Waals surface area (Å²) in [6.45, 7) is 5.00. The summed E-state index contributed by atoms with van der Waals surface area (Å²) in [5.74, 6) is 2.79. The second-order valence-electron chi connectivity index (χ2n) is 5.79. The van der Waals surface area contributed by atoms with Gasteiger partial charge in [-0.25, -0.2) is 4.98 Å². The lowest BCUT2D eigenvalue weighted by Crippen LogP contribution is -2.18. The van der Waals surface area contributed by atoms with Gasteiger partial charge in [-0.05, 0) is 24.7 Å². The first-order chi connectivity index (χ1) is 9.29. The average Bonchev–Trinajstić information content (AvgIpc) is 2.84. The number of nitrogens with zero attached hydrogens (tertiary/aromatic N) is 2. The van der Waals surface area contributed by atoms with Gasteiger partial charge >= 0.3 is 0 Å². The lowest BCUT2D eigenvalue weighted by Gasteiger charge is -2.26. The Morgan fingerprint density at radius 1 is 1.47 bits per heavy atom. The smallest absolute Gasteiger partial charge is 0.202 e. The highest BCUT2D eigenvalue weighted by Gasteiger charge is 2.18. The quantitative estimate of drug-likeness (QED) is 0.823. The standard InChI is InChI=1S/C15H27N3O/c1-13-4-3-5-14(12-13)6-7-16-15-17-8-9-18(15)10-11-19-2/h8-9,13-14H,3-7,10-12H2,1-2H3,(H,16,17). The zero-order chi connectivity index (χ0) is 13.5. The van der Waals surface area contributed by atoms with Crippen LogP contribution in [0.5, 0.6) is 0 Å². The molecule has 2 rings (SSSR count). The largest absolute Gasteiger partial charge is 0.383 e. The summed E-state index contributed by atoms with van der Waals surface area (Å²) < 4.78 is 7.22. The highest BCUT2D eigenvalue weighted by atomic mass is 16.5. The molecule has 19 heavy (non-hydrogen) atoms. The van der Waals surface area contributed by atoms with Gasteiger partial charge in [0.1, 0.15) is 0 Å². The SMILES string of the molecule is COCCn1ccnc1NCCC1CCCC(C)C1. The highest BCUT2D eigenvalue weighted by Crippen LogP contribution is 2.30. The van der Waals surface area contributed by atoms with Gasteiger partial charge in [-0.2, -0.15) is 0 Å². The third-order valence-corrected chi connectivity index (χ3v) is 4.13. The van der Waals surface area contributed by atoms with E-state index in [1.54, 1.807) is 7.11 Å². The number of rotatable bonds is 7. The van der Waals surface area contributed by atoms with E-state index < -0.39 is 0 Å². The Morgan fingerprint density at radius 2 is 2.37 bits per heavy atom. The van der Waals surface area contributed by atoms with Crippen LogP contribution in [0, 0.1) is 11.8 Å². The Kier molecular flexibility index (Phi) is 5.70. The number of anilines is 1. The number of hydrogen-bond acceptors (Lipinski definition) is 3. The van der Waals surface area contributed by atoms with Crippen LogP contribution in [0.2, 0.25) is 0 Å². The van der Waals surface area contributed by atoms with Crippen molar-refractivity contribution in [2.75, 3.05) is 25.6 Å². The van der Waals surface area contributed by atoms with Gasteiger partial charge in [0.15, 0.2) is 0 Å². The van der Waals surface area contributed by atoms with Gasteiger partial charge in [-0.3, -0.25) is 0 Å². The monoisotopic (exact) mass is 265 g/mol. The topological polar surface area (TPSA) is 39.1 Å². The van der Waals surface area contributed by atoms with E-state index >= 15 is 0 Å². The minimum absolute atomic E-state index is 0.727. The van der Waals surface area contributed by atoms with Crippen LogP contribution in [0.3, 0.4) is 0 Å². The van der Waals surface area contributed by atoms with Gasteiger partial charge in [0.05, 0.1) is 6.61 Å². The predicted octanol–water partition coefficient (Wildman–Crippen LogP) is 3.16. The first-order valence-corrected chi connectivity index (χ1v) is 7.53. The first-order valence-electron chi connectivity index (χ1n) is 7.53. The molecule has 0 amide bonds. The third-order valence-electron chi connectivity index (χ3n) is 4.13. The van der Waals surface area contributed by atoms with Crippen molar-refractivity contribution in [3.63, 3.8) is 0 Å². The van der Waals surface area contributed by atoms with Crippen molar-refractivity contribution in [2.45, 2.75) is 45.6 Å². The van der Waals surface area contributed by atoms with E-state index in [2.05, 4.69) is 21.8 Å². The Bertz CT molecular complexity index is 364. The maximum atomic E-state index is 5.11. The van der Waals surface area contributed by atoms with Gasteiger partial charge in [-0.1, -0.05) is 26.2 Å². The zero-order valence-electron chi connectivity index (χ0n) is 12.3. The average molecular weight is 265 g/mol. The van der Waals surface area contributed by atoms with Crippen molar-refractivity contribution in [1.82, 2.24) is 9.55 Å². The molecule has 2 unspecified atom stereocenters. The zero-order valence-corrected chi connectivity index (χ0v) is 12.3. The van der Waals surface area contributed by atoms with E-state index in [0.29, 0.717) is 0 Å². The number of aromatic nitrogens is 2. The molecule has 1 aromatic rings. The van der Waals surface area contributed by atoms with E-state index in [9.17, 15) is 0 Å². The van der Waals surface area contributed by atoms with E-state index in [1.165, 1.54) is 32.1 Å². The molecule has 4 nitrogen and oxygen atoms in total. The van der Waals surface area contributed by atoms with Crippen LogP contribution < -0.4 is 5.32 Å². The van der Waals surface area contributed by atoms with Crippen molar-refractivity contribution in [3.8, 4) is 0 Å². The second kappa shape index (κ2) is 7.53. The van der Waals surface area contributed by atoms with Crippen LogP contribution in [0.25, 0.3) is 0 Å². The fourth-order valence-corrected chi connectivity index (χ4v) is 3.06. The molecule has 0 radical (unpaired) electrons. The van der Waals surface area contributed by atoms with E-state index in [0.717, 1.165) is 37.5 Å². The molecule has 2 atom stereocenters. The lowest BCUT2D eigenvalue weighted by molar-refractivity contribution is 0.187. The Morgan fingerprint density at radius 3 is 3.16 bits per heavy atom. The Balaban J connectivity index is 1.71. The molecule has 1 aromatic heterocycles. The van der Waals surface area contributed by atoms with Crippen LogP contribution in [0.15, 0.2) is 12.4 Å². The number of nitrogens with one attached hydrogen (secondary N) is 1. The van der Waals surface area contributed by atoms with Crippen LogP contribution in [0.1, 0.15) is 39.0 Å². The molecule has 4 heteroatoms. The van der Waals surface area contributed by atoms with E-state index in [4.69, 9.17) is 4.74 Å². The predicted molar refractivity (Wildman–Crippen MR) is 78.3 cm³/mol. The molecule has 1 aliphatic carbocycles. The van der Waals surface area contributed by atoms with Gasteiger partial charge in [0.2, 0.25) is 5.95 Å². The maximum absolute atomic E-state index is 5.11. The second-order valence-corrected chi connectivity index (χ2v) is 5.79. The van der Waals surface area contributed by atoms with Gasteiger partial charge in [0, 0.05) is 32.6 Å². The van der Waals surface area contributed by atoms with Crippen molar-refractivity contribution >= 4 is 5.95 Å². The molecule has 1 saturated carbocycles. The normalized spacial score (nSPS) is 23.5. The van der Waals surface area contributed by atoms with Crippen molar-refractivity contribution < 1.29 is 4.74 Å². The molecular formula is C15H27N3O. The van der Waals surface area contributed by atoms with Crippen LogP contribution >= 0.6 is 0 Å². The molecule has 0 aliphatic heterocycles. The molecule has 0 spiro atoms. The summed E-state index contributed by atoms with van der Waals surface area (Å²) in [6, 6.07) is 0. The van der Waals surface area contributed by atoms with Crippen LogP contribution in [0.4, 0.5) is 5.95 Å². The van der Waals surface area contributed by atoms with Gasteiger partial charge in [0.25, 0.3) is 0 Å². The molecule has 0 aromatic carbocycles. The van der Waals surface area contributed by atoms with Gasteiger partial charge in [-0.15, -0.1) is 0 Å². The summed E-state index contributed by atoms with van der Waals surface area (Å²) in [4.78, 5) is 4.36. The fraction of sp³-hybridized carbons (Fsp3) is 0.800. The minimum Gasteiger partial charge on any atom is -0.383 e. The van der Waals surface area contributed by atoms with E-state index in [-0.39, 0.29) is 0 Å². The van der Waals surface area contributed by atoms with Crippen LogP contribution in [-0.2, 0) is 11.3 Å². The summed E-state index contributed by atoms with van der Waals surface area (Å²) in [5.41, 5.74) is 0. The van der Waals surface area contributed by atoms with Crippen LogP contribution in [-0.4, -0.2) is 29.8 Å².